The zero-order valence-electron chi connectivity index (χ0n) is 10.3. The Morgan fingerprint density at radius 1 is 1.32 bits per heavy atom. The van der Waals surface area contributed by atoms with Crippen LogP contribution in [0.2, 0.25) is 5.28 Å². The largest absolute Gasteiger partial charge is 0.394 e. The molecule has 3 rings (SSSR count). The van der Waals surface area contributed by atoms with Gasteiger partial charge in [0.25, 0.3) is 0 Å². The van der Waals surface area contributed by atoms with Crippen molar-refractivity contribution < 1.29 is 0 Å². The molecule has 2 aromatic rings. The Hall–Kier alpha value is -1.88. The third-order valence-electron chi connectivity index (χ3n) is 3.38. The number of anilines is 2. The summed E-state index contributed by atoms with van der Waals surface area (Å²) in [4.78, 5) is 14.4. The smallest absolute Gasteiger partial charge is 0.224 e. The quantitative estimate of drug-likeness (QED) is 0.853. The third kappa shape index (κ3) is 2.33. The predicted octanol–water partition coefficient (Wildman–Crippen LogP) is 2.45. The van der Waals surface area contributed by atoms with Crippen molar-refractivity contribution in [2.75, 3.05) is 17.2 Å². The molecule has 3 heterocycles. The summed E-state index contributed by atoms with van der Waals surface area (Å²) in [5.41, 5.74) is 7.76. The van der Waals surface area contributed by atoms with Gasteiger partial charge in [-0.05, 0) is 42.1 Å². The Bertz CT molecular complexity index is 575. The summed E-state index contributed by atoms with van der Waals surface area (Å²) in [7, 11) is 0. The van der Waals surface area contributed by atoms with Crippen molar-refractivity contribution in [1.29, 1.82) is 0 Å². The lowest BCUT2D eigenvalue weighted by atomic mass is 10.1. The van der Waals surface area contributed by atoms with E-state index in [1.807, 2.05) is 24.5 Å². The molecule has 1 aliphatic heterocycles. The molecule has 0 amide bonds. The van der Waals surface area contributed by atoms with Crippen LogP contribution in [-0.2, 0) is 0 Å². The van der Waals surface area contributed by atoms with Gasteiger partial charge >= 0.3 is 0 Å². The summed E-state index contributed by atoms with van der Waals surface area (Å²) in [6.45, 7) is 0.921. The molecule has 19 heavy (non-hydrogen) atoms. The van der Waals surface area contributed by atoms with E-state index in [4.69, 9.17) is 17.3 Å². The van der Waals surface area contributed by atoms with E-state index in [9.17, 15) is 0 Å². The highest BCUT2D eigenvalue weighted by Gasteiger charge is 2.28. The van der Waals surface area contributed by atoms with Crippen LogP contribution < -0.4 is 10.6 Å². The van der Waals surface area contributed by atoms with Gasteiger partial charge in [0.1, 0.15) is 0 Å². The third-order valence-corrected chi connectivity index (χ3v) is 3.56. The molecule has 1 unspecified atom stereocenters. The average molecular weight is 276 g/mol. The van der Waals surface area contributed by atoms with Gasteiger partial charge in [0, 0.05) is 18.9 Å². The number of rotatable bonds is 2. The first-order chi connectivity index (χ1) is 9.25. The number of nitrogen functional groups attached to an aromatic ring is 1. The fourth-order valence-corrected chi connectivity index (χ4v) is 2.67. The van der Waals surface area contributed by atoms with Gasteiger partial charge in [0.2, 0.25) is 5.28 Å². The normalized spacial score (nSPS) is 18.8. The van der Waals surface area contributed by atoms with Crippen LogP contribution in [-0.4, -0.2) is 21.5 Å². The maximum atomic E-state index is 5.97. The molecule has 0 spiro atoms. The summed E-state index contributed by atoms with van der Waals surface area (Å²) < 4.78 is 0. The molecule has 1 aliphatic rings. The number of halogens is 1. The fraction of sp³-hybridized carbons (Fsp3) is 0.308. The summed E-state index contributed by atoms with van der Waals surface area (Å²) in [6, 6.07) is 4.33. The monoisotopic (exact) mass is 275 g/mol. The maximum absolute atomic E-state index is 5.97. The van der Waals surface area contributed by atoms with E-state index in [0.29, 0.717) is 5.69 Å². The molecule has 1 atom stereocenters. The van der Waals surface area contributed by atoms with Gasteiger partial charge in [0.05, 0.1) is 17.9 Å². The maximum Gasteiger partial charge on any atom is 0.224 e. The highest BCUT2D eigenvalue weighted by molar-refractivity contribution is 6.28. The van der Waals surface area contributed by atoms with Gasteiger partial charge in [0.15, 0.2) is 5.82 Å². The van der Waals surface area contributed by atoms with Gasteiger partial charge in [-0.3, -0.25) is 4.98 Å². The molecule has 0 saturated carbocycles. The van der Waals surface area contributed by atoms with Crippen molar-refractivity contribution in [2.24, 2.45) is 0 Å². The van der Waals surface area contributed by atoms with Crippen LogP contribution in [0.5, 0.6) is 0 Å². The van der Waals surface area contributed by atoms with Gasteiger partial charge in [-0.25, -0.2) is 4.98 Å². The zero-order valence-corrected chi connectivity index (χ0v) is 11.1. The predicted molar refractivity (Wildman–Crippen MR) is 75.0 cm³/mol. The van der Waals surface area contributed by atoms with Crippen molar-refractivity contribution >= 4 is 23.1 Å². The Morgan fingerprint density at radius 2 is 2.11 bits per heavy atom. The minimum atomic E-state index is 0.226. The van der Waals surface area contributed by atoms with Crippen LogP contribution in [0.3, 0.4) is 0 Å². The molecule has 1 fully saturated rings. The van der Waals surface area contributed by atoms with Crippen molar-refractivity contribution in [2.45, 2.75) is 18.9 Å². The van der Waals surface area contributed by atoms with Gasteiger partial charge in [-0.1, -0.05) is 0 Å². The van der Waals surface area contributed by atoms with Crippen LogP contribution in [0.15, 0.2) is 30.7 Å². The van der Waals surface area contributed by atoms with Gasteiger partial charge in [-0.15, -0.1) is 0 Å². The minimum absolute atomic E-state index is 0.226. The second-order valence-electron chi connectivity index (χ2n) is 4.55. The SMILES string of the molecule is Nc1cnc(Cl)nc1N1CCCC1c1ccncc1. The zero-order chi connectivity index (χ0) is 13.2. The van der Waals surface area contributed by atoms with Crippen molar-refractivity contribution in [3.8, 4) is 0 Å². The molecular formula is C13H14ClN5. The highest BCUT2D eigenvalue weighted by atomic mass is 35.5. The van der Waals surface area contributed by atoms with E-state index in [2.05, 4.69) is 19.9 Å². The van der Waals surface area contributed by atoms with E-state index >= 15 is 0 Å². The second-order valence-corrected chi connectivity index (χ2v) is 4.89. The van der Waals surface area contributed by atoms with Crippen molar-refractivity contribution in [1.82, 2.24) is 15.0 Å². The van der Waals surface area contributed by atoms with E-state index in [-0.39, 0.29) is 11.3 Å². The number of nitrogens with zero attached hydrogens (tertiary/aromatic N) is 4. The summed E-state index contributed by atoms with van der Waals surface area (Å²) >= 11 is 5.87. The lowest BCUT2D eigenvalue weighted by Crippen LogP contribution is -2.24. The van der Waals surface area contributed by atoms with Gasteiger partial charge < -0.3 is 10.6 Å². The Kier molecular flexibility index (Phi) is 3.21. The first-order valence-corrected chi connectivity index (χ1v) is 6.58. The van der Waals surface area contributed by atoms with Crippen LogP contribution in [0.25, 0.3) is 0 Å². The molecule has 6 heteroatoms. The molecule has 0 bridgehead atoms. The van der Waals surface area contributed by atoms with Crippen LogP contribution in [0.1, 0.15) is 24.4 Å². The average Bonchev–Trinajstić information content (AvgIpc) is 2.91. The van der Waals surface area contributed by atoms with Crippen molar-refractivity contribution in [3.63, 3.8) is 0 Å². The first kappa shape index (κ1) is 12.2. The Morgan fingerprint density at radius 3 is 2.89 bits per heavy atom. The molecule has 5 nitrogen and oxygen atoms in total. The van der Waals surface area contributed by atoms with Crippen LogP contribution >= 0.6 is 11.6 Å². The number of aromatic nitrogens is 3. The standard InChI is InChI=1S/C13H14ClN5/c14-13-17-8-10(15)12(18-13)19-7-1-2-11(19)9-3-5-16-6-4-9/h3-6,8,11H,1-2,7,15H2. The molecule has 1 saturated heterocycles. The topological polar surface area (TPSA) is 67.9 Å². The molecular weight excluding hydrogens is 262 g/mol. The van der Waals surface area contributed by atoms with E-state index < -0.39 is 0 Å². The molecule has 2 aromatic heterocycles. The minimum Gasteiger partial charge on any atom is -0.394 e. The van der Waals surface area contributed by atoms with E-state index in [1.54, 1.807) is 6.20 Å². The van der Waals surface area contributed by atoms with Crippen molar-refractivity contribution in [3.05, 3.63) is 41.6 Å². The molecule has 98 valence electrons. The fourth-order valence-electron chi connectivity index (χ4n) is 2.54. The van der Waals surface area contributed by atoms with Crippen LogP contribution in [0.4, 0.5) is 11.5 Å². The first-order valence-electron chi connectivity index (χ1n) is 6.20. The number of nitrogens with two attached hydrogens (primary N) is 1. The van der Waals surface area contributed by atoms with E-state index in [1.165, 1.54) is 5.56 Å². The van der Waals surface area contributed by atoms with Gasteiger partial charge in [-0.2, -0.15) is 4.98 Å². The number of hydrogen-bond donors (Lipinski definition) is 1. The molecule has 0 radical (unpaired) electrons. The molecule has 2 N–H and O–H groups in total. The summed E-state index contributed by atoms with van der Waals surface area (Å²) in [6.07, 6.45) is 7.36. The second kappa shape index (κ2) is 5.01. The van der Waals surface area contributed by atoms with E-state index in [0.717, 1.165) is 25.2 Å². The summed E-state index contributed by atoms with van der Waals surface area (Å²) in [5, 5.41) is 0.226. The summed E-state index contributed by atoms with van der Waals surface area (Å²) in [5.74, 6) is 0.722. The molecule has 0 aliphatic carbocycles. The lowest BCUT2D eigenvalue weighted by molar-refractivity contribution is 0.710. The number of pyridine rings is 1. The highest BCUT2D eigenvalue weighted by Crippen LogP contribution is 2.37. The number of hydrogen-bond acceptors (Lipinski definition) is 5. The molecule has 0 aromatic carbocycles. The Balaban J connectivity index is 1.97. The van der Waals surface area contributed by atoms with Crippen LogP contribution in [0, 0.1) is 0 Å². The lowest BCUT2D eigenvalue weighted by Gasteiger charge is -2.26. The Labute approximate surface area is 116 Å².